The van der Waals surface area contributed by atoms with Crippen LogP contribution >= 0.6 is 12.6 Å². The lowest BCUT2D eigenvalue weighted by molar-refractivity contribution is 0.726. The van der Waals surface area contributed by atoms with Crippen molar-refractivity contribution in [3.8, 4) is 0 Å². The maximum atomic E-state index is 5.73. The summed E-state index contributed by atoms with van der Waals surface area (Å²) in [4.78, 5) is 13.6. The number of aryl methyl sites for hydroxylation is 2. The van der Waals surface area contributed by atoms with Crippen molar-refractivity contribution >= 4 is 24.5 Å². The van der Waals surface area contributed by atoms with Gasteiger partial charge in [0.2, 0.25) is 11.9 Å². The molecule has 1 aromatic carbocycles. The Morgan fingerprint density at radius 1 is 1.17 bits per heavy atom. The molecule has 6 heteroatoms. The third-order valence-electron chi connectivity index (χ3n) is 3.37. The Bertz CT molecular complexity index is 630. The van der Waals surface area contributed by atoms with Crippen molar-refractivity contribution in [1.29, 1.82) is 0 Å². The molecule has 126 valence electrons. The number of benzene rings is 1. The fraction of sp³-hybridized carbons (Fsp3) is 0.471. The predicted octanol–water partition coefficient (Wildman–Crippen LogP) is 4.20. The maximum Gasteiger partial charge on any atom is 0.228 e. The highest BCUT2D eigenvalue weighted by Gasteiger charge is 2.14. The van der Waals surface area contributed by atoms with Gasteiger partial charge in [0.1, 0.15) is 5.82 Å². The summed E-state index contributed by atoms with van der Waals surface area (Å²) in [6.07, 6.45) is 1.63. The Balaban J connectivity index is 0.00000127. The molecule has 0 spiro atoms. The van der Waals surface area contributed by atoms with E-state index in [-0.39, 0.29) is 12.0 Å². The topological polar surface area (TPSA) is 76.7 Å². The van der Waals surface area contributed by atoms with E-state index in [9.17, 15) is 0 Å². The summed E-state index contributed by atoms with van der Waals surface area (Å²) in [5.74, 6) is 1.47. The zero-order valence-corrected chi connectivity index (χ0v) is 15.5. The van der Waals surface area contributed by atoms with Gasteiger partial charge >= 0.3 is 0 Å². The SMILES string of the molecule is CC.CCc1nc(N)nc(NC(CC)c2cc(S)ccc2C)n1. The molecule has 0 aliphatic carbocycles. The van der Waals surface area contributed by atoms with E-state index in [2.05, 4.69) is 58.9 Å². The highest BCUT2D eigenvalue weighted by molar-refractivity contribution is 7.80. The number of nitrogens with one attached hydrogen (secondary N) is 1. The molecule has 2 rings (SSSR count). The van der Waals surface area contributed by atoms with E-state index in [0.717, 1.165) is 17.7 Å². The molecule has 0 aliphatic rings. The fourth-order valence-corrected chi connectivity index (χ4v) is 2.43. The summed E-state index contributed by atoms with van der Waals surface area (Å²) in [5, 5.41) is 3.35. The van der Waals surface area contributed by atoms with Crippen LogP contribution in [0.5, 0.6) is 0 Å². The van der Waals surface area contributed by atoms with Crippen LogP contribution in [0.3, 0.4) is 0 Å². The molecule has 0 fully saturated rings. The Labute approximate surface area is 144 Å². The molecule has 1 atom stereocenters. The van der Waals surface area contributed by atoms with Crippen molar-refractivity contribution in [2.24, 2.45) is 0 Å². The number of nitrogen functional groups attached to an aromatic ring is 1. The van der Waals surface area contributed by atoms with Crippen molar-refractivity contribution in [1.82, 2.24) is 15.0 Å². The highest BCUT2D eigenvalue weighted by atomic mass is 32.1. The van der Waals surface area contributed by atoms with Crippen LogP contribution < -0.4 is 11.1 Å². The first kappa shape index (κ1) is 19.2. The Morgan fingerprint density at radius 2 is 1.87 bits per heavy atom. The average Bonchev–Trinajstić information content (AvgIpc) is 2.56. The van der Waals surface area contributed by atoms with E-state index in [4.69, 9.17) is 5.73 Å². The normalized spacial score (nSPS) is 11.4. The Morgan fingerprint density at radius 3 is 2.48 bits per heavy atom. The van der Waals surface area contributed by atoms with Crippen LogP contribution in [-0.4, -0.2) is 15.0 Å². The lowest BCUT2D eigenvalue weighted by atomic mass is 9.99. The number of nitrogens with two attached hydrogens (primary N) is 1. The van der Waals surface area contributed by atoms with Crippen molar-refractivity contribution in [3.05, 3.63) is 35.2 Å². The van der Waals surface area contributed by atoms with E-state index >= 15 is 0 Å². The fourth-order valence-electron chi connectivity index (χ4n) is 2.22. The first-order valence-corrected chi connectivity index (χ1v) is 8.54. The van der Waals surface area contributed by atoms with E-state index in [1.165, 1.54) is 11.1 Å². The quantitative estimate of drug-likeness (QED) is 0.715. The highest BCUT2D eigenvalue weighted by Crippen LogP contribution is 2.26. The second-order valence-electron chi connectivity index (χ2n) is 4.93. The number of nitrogens with zero attached hydrogens (tertiary/aromatic N) is 3. The molecule has 0 aliphatic heterocycles. The Hall–Kier alpha value is -1.82. The number of anilines is 2. The molecular formula is C17H27N5S. The van der Waals surface area contributed by atoms with Crippen molar-refractivity contribution in [3.63, 3.8) is 0 Å². The van der Waals surface area contributed by atoms with Crippen LogP contribution in [-0.2, 0) is 6.42 Å². The minimum Gasteiger partial charge on any atom is -0.368 e. The summed E-state index contributed by atoms with van der Waals surface area (Å²) in [7, 11) is 0. The van der Waals surface area contributed by atoms with Crippen molar-refractivity contribution in [2.75, 3.05) is 11.1 Å². The van der Waals surface area contributed by atoms with Gasteiger partial charge in [-0.2, -0.15) is 15.0 Å². The second kappa shape index (κ2) is 9.35. The van der Waals surface area contributed by atoms with Gasteiger partial charge in [-0.1, -0.05) is 33.8 Å². The number of rotatable bonds is 5. The van der Waals surface area contributed by atoms with Gasteiger partial charge in [0.15, 0.2) is 0 Å². The van der Waals surface area contributed by atoms with Gasteiger partial charge in [-0.05, 0) is 36.6 Å². The molecule has 0 saturated heterocycles. The van der Waals surface area contributed by atoms with Gasteiger partial charge in [-0.25, -0.2) is 0 Å². The third kappa shape index (κ3) is 5.39. The lowest BCUT2D eigenvalue weighted by Gasteiger charge is -2.20. The van der Waals surface area contributed by atoms with E-state index < -0.39 is 0 Å². The molecule has 0 amide bonds. The maximum absolute atomic E-state index is 5.73. The average molecular weight is 334 g/mol. The number of aromatic nitrogens is 3. The van der Waals surface area contributed by atoms with Gasteiger partial charge < -0.3 is 11.1 Å². The minimum absolute atomic E-state index is 0.114. The number of thiol groups is 1. The van der Waals surface area contributed by atoms with Gasteiger partial charge in [0.25, 0.3) is 0 Å². The zero-order valence-electron chi connectivity index (χ0n) is 14.6. The van der Waals surface area contributed by atoms with Gasteiger partial charge in [-0.15, -0.1) is 12.6 Å². The van der Waals surface area contributed by atoms with Crippen LogP contribution in [0.1, 0.15) is 57.1 Å². The molecular weight excluding hydrogens is 306 g/mol. The standard InChI is InChI=1S/C15H21N5S.C2H6/c1-4-12(11-8-10(21)7-6-9(11)3)17-15-19-13(5-2)18-14(16)20-15;1-2/h6-8,12,21H,4-5H2,1-3H3,(H3,16,17,18,19,20);1-2H3. The smallest absolute Gasteiger partial charge is 0.228 e. The number of hydrogen-bond donors (Lipinski definition) is 3. The first-order valence-electron chi connectivity index (χ1n) is 8.10. The van der Waals surface area contributed by atoms with Crippen molar-refractivity contribution < 1.29 is 0 Å². The molecule has 2 aromatic rings. The molecule has 0 bridgehead atoms. The Kier molecular flexibility index (Phi) is 7.81. The lowest BCUT2D eigenvalue weighted by Crippen LogP contribution is -2.15. The van der Waals surface area contributed by atoms with E-state index in [1.807, 2.05) is 26.8 Å². The first-order chi connectivity index (χ1) is 11.0. The van der Waals surface area contributed by atoms with Crippen LogP contribution in [0, 0.1) is 6.92 Å². The predicted molar refractivity (Wildman–Crippen MR) is 100 cm³/mol. The molecule has 1 aromatic heterocycles. The summed E-state index contributed by atoms with van der Waals surface area (Å²) in [6.45, 7) is 10.2. The van der Waals surface area contributed by atoms with Gasteiger partial charge in [-0.3, -0.25) is 0 Å². The summed E-state index contributed by atoms with van der Waals surface area (Å²) >= 11 is 4.42. The van der Waals surface area contributed by atoms with Crippen LogP contribution in [0.2, 0.25) is 0 Å². The van der Waals surface area contributed by atoms with E-state index in [0.29, 0.717) is 11.8 Å². The molecule has 1 unspecified atom stereocenters. The zero-order chi connectivity index (χ0) is 17.4. The summed E-state index contributed by atoms with van der Waals surface area (Å²) < 4.78 is 0. The third-order valence-corrected chi connectivity index (χ3v) is 3.64. The largest absolute Gasteiger partial charge is 0.368 e. The van der Waals surface area contributed by atoms with E-state index in [1.54, 1.807) is 0 Å². The summed E-state index contributed by atoms with van der Waals surface area (Å²) in [5.41, 5.74) is 8.14. The van der Waals surface area contributed by atoms with Gasteiger partial charge in [0, 0.05) is 11.3 Å². The molecule has 5 nitrogen and oxygen atoms in total. The monoisotopic (exact) mass is 333 g/mol. The summed E-state index contributed by atoms with van der Waals surface area (Å²) in [6, 6.07) is 6.25. The molecule has 23 heavy (non-hydrogen) atoms. The molecule has 0 radical (unpaired) electrons. The van der Waals surface area contributed by atoms with Crippen LogP contribution in [0.15, 0.2) is 23.1 Å². The van der Waals surface area contributed by atoms with Crippen molar-refractivity contribution in [2.45, 2.75) is 58.4 Å². The molecule has 0 saturated carbocycles. The second-order valence-corrected chi connectivity index (χ2v) is 5.45. The molecule has 3 N–H and O–H groups in total. The van der Waals surface area contributed by atoms with Crippen LogP contribution in [0.4, 0.5) is 11.9 Å². The number of hydrogen-bond acceptors (Lipinski definition) is 6. The van der Waals surface area contributed by atoms with Crippen LogP contribution in [0.25, 0.3) is 0 Å². The van der Waals surface area contributed by atoms with Gasteiger partial charge in [0.05, 0.1) is 6.04 Å². The minimum atomic E-state index is 0.114. The molecule has 1 heterocycles.